The Kier molecular flexibility index (Phi) is 7.57. The minimum absolute atomic E-state index is 0.0920. The van der Waals surface area contributed by atoms with Crippen molar-refractivity contribution >= 4 is 16.9 Å². The fraction of sp³-hybridized carbons (Fsp3) is 0.231. The normalized spacial score (nSPS) is 10.7. The molecule has 0 saturated carbocycles. The summed E-state index contributed by atoms with van der Waals surface area (Å²) in [6, 6.07) is 17.8. The molecule has 0 atom stereocenters. The van der Waals surface area contributed by atoms with Crippen molar-refractivity contribution < 1.29 is 23.4 Å². The number of carbonyl (C=O) groups is 1. The number of nitrogens with zero attached hydrogens (tertiary/aromatic N) is 2. The Bertz CT molecular complexity index is 1350. The molecule has 0 fully saturated rings. The molecule has 2 aromatic heterocycles. The van der Waals surface area contributed by atoms with Gasteiger partial charge in [-0.1, -0.05) is 12.1 Å². The van der Waals surface area contributed by atoms with Crippen molar-refractivity contribution in [3.63, 3.8) is 0 Å². The van der Waals surface area contributed by atoms with E-state index in [0.29, 0.717) is 41.5 Å². The van der Waals surface area contributed by atoms with Crippen LogP contribution in [0.5, 0.6) is 17.4 Å². The molecule has 1 amide bonds. The average Bonchev–Trinajstić information content (AvgIpc) is 2.88. The van der Waals surface area contributed by atoms with Crippen LogP contribution in [0.25, 0.3) is 22.2 Å². The molecule has 1 N–H and O–H groups in total. The smallest absolute Gasteiger partial charge is 0.349 e. The van der Waals surface area contributed by atoms with Crippen molar-refractivity contribution in [2.75, 3.05) is 26.4 Å². The highest BCUT2D eigenvalue weighted by atomic mass is 16.5. The fourth-order valence-corrected chi connectivity index (χ4v) is 3.40. The van der Waals surface area contributed by atoms with Gasteiger partial charge in [0.25, 0.3) is 5.91 Å². The molecule has 180 valence electrons. The minimum atomic E-state index is -0.737. The number of ether oxygens (including phenoxy) is 3. The van der Waals surface area contributed by atoms with Gasteiger partial charge in [0.15, 0.2) is 11.3 Å². The van der Waals surface area contributed by atoms with Crippen LogP contribution in [0.3, 0.4) is 0 Å². The number of rotatable bonds is 10. The molecular formula is C26H25N3O6. The Morgan fingerprint density at radius 3 is 2.46 bits per heavy atom. The summed E-state index contributed by atoms with van der Waals surface area (Å²) in [6.45, 7) is 5.12. The lowest BCUT2D eigenvalue weighted by molar-refractivity contribution is 0.0943. The van der Waals surface area contributed by atoms with E-state index in [2.05, 4.69) is 15.5 Å². The van der Waals surface area contributed by atoms with Gasteiger partial charge in [-0.3, -0.25) is 4.79 Å². The maximum absolute atomic E-state index is 12.5. The van der Waals surface area contributed by atoms with Crippen LogP contribution in [0.4, 0.5) is 0 Å². The molecule has 0 bridgehead atoms. The number of amides is 1. The van der Waals surface area contributed by atoms with Crippen LogP contribution in [-0.4, -0.2) is 42.5 Å². The van der Waals surface area contributed by atoms with Crippen molar-refractivity contribution in [2.45, 2.75) is 13.8 Å². The quantitative estimate of drug-likeness (QED) is 0.272. The number of aromatic nitrogens is 2. The number of para-hydroxylation sites is 1. The highest BCUT2D eigenvalue weighted by molar-refractivity contribution is 5.97. The third-order valence-corrected chi connectivity index (χ3v) is 5.01. The Morgan fingerprint density at radius 2 is 1.74 bits per heavy atom. The molecule has 0 aliphatic carbocycles. The topological polar surface area (TPSA) is 113 Å². The molecule has 2 aromatic carbocycles. The molecule has 35 heavy (non-hydrogen) atoms. The van der Waals surface area contributed by atoms with Gasteiger partial charge in [-0.15, -0.1) is 10.2 Å². The summed E-state index contributed by atoms with van der Waals surface area (Å²) in [7, 11) is 0. The second-order valence-corrected chi connectivity index (χ2v) is 7.37. The third kappa shape index (κ3) is 5.75. The van der Waals surface area contributed by atoms with Gasteiger partial charge in [0, 0.05) is 17.0 Å². The highest BCUT2D eigenvalue weighted by Gasteiger charge is 2.15. The van der Waals surface area contributed by atoms with E-state index in [1.165, 1.54) is 6.07 Å². The molecule has 9 nitrogen and oxygen atoms in total. The van der Waals surface area contributed by atoms with Gasteiger partial charge in [-0.2, -0.15) is 0 Å². The van der Waals surface area contributed by atoms with E-state index in [9.17, 15) is 9.59 Å². The summed E-state index contributed by atoms with van der Waals surface area (Å²) >= 11 is 0. The predicted molar refractivity (Wildman–Crippen MR) is 130 cm³/mol. The van der Waals surface area contributed by atoms with E-state index in [0.717, 1.165) is 11.3 Å². The highest BCUT2D eigenvalue weighted by Crippen LogP contribution is 2.25. The number of fused-ring (bicyclic) bond motifs is 1. The van der Waals surface area contributed by atoms with Crippen molar-refractivity contribution in [3.05, 3.63) is 76.6 Å². The Morgan fingerprint density at radius 1 is 0.943 bits per heavy atom. The maximum Gasteiger partial charge on any atom is 0.349 e. The van der Waals surface area contributed by atoms with Crippen LogP contribution < -0.4 is 25.2 Å². The van der Waals surface area contributed by atoms with Gasteiger partial charge in [0.05, 0.1) is 25.5 Å². The maximum atomic E-state index is 12.5. The van der Waals surface area contributed by atoms with Gasteiger partial charge < -0.3 is 23.9 Å². The summed E-state index contributed by atoms with van der Waals surface area (Å²) in [5, 5.41) is 11.5. The van der Waals surface area contributed by atoms with Gasteiger partial charge >= 0.3 is 5.63 Å². The zero-order valence-corrected chi connectivity index (χ0v) is 19.4. The zero-order chi connectivity index (χ0) is 24.6. The molecule has 0 aliphatic heterocycles. The molecule has 0 radical (unpaired) electrons. The van der Waals surface area contributed by atoms with Gasteiger partial charge in [-0.25, -0.2) is 4.79 Å². The van der Waals surface area contributed by atoms with Crippen LogP contribution in [0.15, 0.2) is 69.9 Å². The van der Waals surface area contributed by atoms with Crippen LogP contribution in [0, 0.1) is 0 Å². The zero-order valence-electron chi connectivity index (χ0n) is 19.4. The lowest BCUT2D eigenvalue weighted by Crippen LogP contribution is -2.31. The van der Waals surface area contributed by atoms with Crippen molar-refractivity contribution in [2.24, 2.45) is 0 Å². The molecule has 0 unspecified atom stereocenters. The molecule has 0 aliphatic rings. The summed E-state index contributed by atoms with van der Waals surface area (Å²) < 4.78 is 21.8. The minimum Gasteiger partial charge on any atom is -0.494 e. The molecule has 9 heteroatoms. The van der Waals surface area contributed by atoms with E-state index in [1.54, 1.807) is 30.3 Å². The average molecular weight is 476 g/mol. The van der Waals surface area contributed by atoms with Gasteiger partial charge in [0.1, 0.15) is 17.9 Å². The Hall–Kier alpha value is -4.40. The summed E-state index contributed by atoms with van der Waals surface area (Å²) in [4.78, 5) is 24.8. The first kappa shape index (κ1) is 23.7. The Balaban J connectivity index is 1.31. The molecule has 2 heterocycles. The lowest BCUT2D eigenvalue weighted by Gasteiger charge is -2.09. The second kappa shape index (κ2) is 11.1. The van der Waals surface area contributed by atoms with Crippen LogP contribution in [-0.2, 0) is 0 Å². The van der Waals surface area contributed by atoms with Gasteiger partial charge in [-0.05, 0) is 56.3 Å². The SMILES string of the molecule is CCOc1ccc(-c2ccc(OCCNC(=O)c3cc4cccc(OCC)c4oc3=O)nn2)cc1. The Labute approximate surface area is 201 Å². The van der Waals surface area contributed by atoms with Crippen molar-refractivity contribution in [1.82, 2.24) is 15.5 Å². The van der Waals surface area contributed by atoms with Crippen LogP contribution in [0.2, 0.25) is 0 Å². The van der Waals surface area contributed by atoms with E-state index in [1.807, 2.05) is 38.1 Å². The number of hydrogen-bond donors (Lipinski definition) is 1. The van der Waals surface area contributed by atoms with E-state index >= 15 is 0 Å². The first-order chi connectivity index (χ1) is 17.1. The number of benzene rings is 2. The van der Waals surface area contributed by atoms with Crippen molar-refractivity contribution in [3.8, 4) is 28.6 Å². The first-order valence-electron chi connectivity index (χ1n) is 11.3. The van der Waals surface area contributed by atoms with E-state index in [-0.39, 0.29) is 18.7 Å². The van der Waals surface area contributed by atoms with Crippen LogP contribution >= 0.6 is 0 Å². The standard InChI is InChI=1S/C26H25N3O6/c1-3-32-19-10-8-17(9-11-19)21-12-13-23(29-28-21)34-15-14-27-25(30)20-16-18-6-5-7-22(33-4-2)24(18)35-26(20)31/h5-13,16H,3-4,14-15H2,1-2H3,(H,27,30). The number of nitrogens with one attached hydrogen (secondary N) is 1. The number of carbonyl (C=O) groups excluding carboxylic acids is 1. The predicted octanol–water partition coefficient (Wildman–Crippen LogP) is 3.86. The molecular weight excluding hydrogens is 450 g/mol. The third-order valence-electron chi connectivity index (χ3n) is 5.01. The molecule has 0 spiro atoms. The van der Waals surface area contributed by atoms with Gasteiger partial charge in [0.2, 0.25) is 5.88 Å². The van der Waals surface area contributed by atoms with E-state index in [4.69, 9.17) is 18.6 Å². The molecule has 4 aromatic rings. The number of hydrogen-bond acceptors (Lipinski definition) is 8. The summed E-state index contributed by atoms with van der Waals surface area (Å²) in [5.74, 6) is 1.02. The molecule has 0 saturated heterocycles. The first-order valence-corrected chi connectivity index (χ1v) is 11.3. The largest absolute Gasteiger partial charge is 0.494 e. The summed E-state index contributed by atoms with van der Waals surface area (Å²) in [5.41, 5.74) is 1.09. The van der Waals surface area contributed by atoms with Crippen molar-refractivity contribution in [1.29, 1.82) is 0 Å². The monoisotopic (exact) mass is 475 g/mol. The summed E-state index contributed by atoms with van der Waals surface area (Å²) in [6.07, 6.45) is 0. The second-order valence-electron chi connectivity index (χ2n) is 7.37. The van der Waals surface area contributed by atoms with E-state index < -0.39 is 11.5 Å². The fourth-order valence-electron chi connectivity index (χ4n) is 3.40. The van der Waals surface area contributed by atoms with Crippen LogP contribution in [0.1, 0.15) is 24.2 Å². The lowest BCUT2D eigenvalue weighted by atomic mass is 10.1. The molecule has 4 rings (SSSR count).